The zero-order chi connectivity index (χ0) is 19.2. The monoisotopic (exact) mass is 373 g/mol. The minimum Gasteiger partial charge on any atom is -0.485 e. The van der Waals surface area contributed by atoms with Crippen molar-refractivity contribution in [3.8, 4) is 17.2 Å². The topological polar surface area (TPSA) is 129 Å². The van der Waals surface area contributed by atoms with E-state index in [9.17, 15) is 19.7 Å². The molecule has 1 atom stereocenters. The van der Waals surface area contributed by atoms with Crippen molar-refractivity contribution < 1.29 is 28.7 Å². The largest absolute Gasteiger partial charge is 0.485 e. The molecule has 2 N–H and O–H groups in total. The highest BCUT2D eigenvalue weighted by atomic mass is 16.6. The van der Waals surface area contributed by atoms with E-state index < -0.39 is 22.8 Å². The smallest absolute Gasteiger partial charge is 0.283 e. The van der Waals surface area contributed by atoms with Crippen LogP contribution in [0.25, 0.3) is 0 Å². The first-order chi connectivity index (χ1) is 13.0. The number of nitrogens with zero attached hydrogens (tertiary/aromatic N) is 1. The van der Waals surface area contributed by atoms with Gasteiger partial charge < -0.3 is 14.2 Å². The van der Waals surface area contributed by atoms with Crippen molar-refractivity contribution in [2.45, 2.75) is 6.10 Å². The number of hydrogen-bond donors (Lipinski definition) is 2. The van der Waals surface area contributed by atoms with Crippen LogP contribution in [0.3, 0.4) is 0 Å². The first-order valence-corrected chi connectivity index (χ1v) is 7.87. The second kappa shape index (κ2) is 8.04. The van der Waals surface area contributed by atoms with Crippen LogP contribution in [0.15, 0.2) is 48.5 Å². The third-order valence-electron chi connectivity index (χ3n) is 3.54. The van der Waals surface area contributed by atoms with Crippen LogP contribution in [0.5, 0.6) is 17.2 Å². The SMILES string of the molecule is O=C(COc1ccc([N+](=O)[O-])cc1)NNC(=O)[C@@H]1COc2ccccc2O1. The molecule has 1 aliphatic heterocycles. The molecule has 2 amide bonds. The molecule has 0 saturated carbocycles. The second-order valence-electron chi connectivity index (χ2n) is 5.44. The van der Waals surface area contributed by atoms with Gasteiger partial charge in [0.1, 0.15) is 12.4 Å². The summed E-state index contributed by atoms with van der Waals surface area (Å²) in [5.74, 6) is 0.0773. The molecule has 0 bridgehead atoms. The average Bonchev–Trinajstić information content (AvgIpc) is 2.70. The van der Waals surface area contributed by atoms with E-state index in [1.54, 1.807) is 24.3 Å². The first kappa shape index (κ1) is 18.0. The second-order valence-corrected chi connectivity index (χ2v) is 5.44. The van der Waals surface area contributed by atoms with Gasteiger partial charge in [0, 0.05) is 12.1 Å². The molecule has 0 radical (unpaired) electrons. The number of nitro benzene ring substituents is 1. The number of fused-ring (bicyclic) bond motifs is 1. The standard InChI is InChI=1S/C17H15N3O7/c21-16(10-25-12-7-5-11(6-8-12)20(23)24)18-19-17(22)15-9-26-13-3-1-2-4-14(13)27-15/h1-8,15H,9-10H2,(H,18,21)(H,19,22)/t15-/m0/s1. The highest BCUT2D eigenvalue weighted by molar-refractivity contribution is 5.85. The highest BCUT2D eigenvalue weighted by Crippen LogP contribution is 2.30. The van der Waals surface area contributed by atoms with E-state index in [1.165, 1.54) is 24.3 Å². The molecule has 27 heavy (non-hydrogen) atoms. The number of amides is 2. The van der Waals surface area contributed by atoms with Gasteiger partial charge in [-0.15, -0.1) is 0 Å². The Kier molecular flexibility index (Phi) is 5.36. The number of carbonyl (C=O) groups is 2. The zero-order valence-corrected chi connectivity index (χ0v) is 13.9. The number of nitrogens with one attached hydrogen (secondary N) is 2. The number of benzene rings is 2. The summed E-state index contributed by atoms with van der Waals surface area (Å²) in [4.78, 5) is 33.8. The third-order valence-corrected chi connectivity index (χ3v) is 3.54. The summed E-state index contributed by atoms with van der Waals surface area (Å²) in [5.41, 5.74) is 4.34. The predicted octanol–water partition coefficient (Wildman–Crippen LogP) is 0.961. The van der Waals surface area contributed by atoms with Crippen LogP contribution in [0.2, 0.25) is 0 Å². The number of carbonyl (C=O) groups excluding carboxylic acids is 2. The van der Waals surface area contributed by atoms with Crippen molar-refractivity contribution in [1.82, 2.24) is 10.9 Å². The Bertz CT molecular complexity index is 854. The fraction of sp³-hybridized carbons (Fsp3) is 0.176. The molecule has 3 rings (SSSR count). The van der Waals surface area contributed by atoms with Crippen LogP contribution in [-0.4, -0.2) is 36.1 Å². The minimum absolute atomic E-state index is 0.0119. The fourth-order valence-electron chi connectivity index (χ4n) is 2.21. The summed E-state index contributed by atoms with van der Waals surface area (Å²) in [6, 6.07) is 12.2. The molecule has 0 unspecified atom stereocenters. The molecule has 0 aromatic heterocycles. The number of hydrogen-bond acceptors (Lipinski definition) is 7. The average molecular weight is 373 g/mol. The number of para-hydroxylation sites is 2. The van der Waals surface area contributed by atoms with E-state index in [0.717, 1.165) is 0 Å². The lowest BCUT2D eigenvalue weighted by atomic mass is 10.2. The van der Waals surface area contributed by atoms with Crippen LogP contribution in [0.4, 0.5) is 5.69 Å². The van der Waals surface area contributed by atoms with Crippen molar-refractivity contribution >= 4 is 17.5 Å². The van der Waals surface area contributed by atoms with E-state index in [1.807, 2.05) is 0 Å². The van der Waals surface area contributed by atoms with Gasteiger partial charge in [-0.05, 0) is 24.3 Å². The van der Waals surface area contributed by atoms with Crippen LogP contribution in [0, 0.1) is 10.1 Å². The van der Waals surface area contributed by atoms with Crippen LogP contribution in [0.1, 0.15) is 0 Å². The molecule has 1 aliphatic rings. The van der Waals surface area contributed by atoms with Gasteiger partial charge in [-0.25, -0.2) is 0 Å². The van der Waals surface area contributed by atoms with E-state index in [4.69, 9.17) is 14.2 Å². The molecule has 10 nitrogen and oxygen atoms in total. The van der Waals surface area contributed by atoms with Crippen molar-refractivity contribution in [3.05, 3.63) is 58.6 Å². The van der Waals surface area contributed by atoms with Crippen molar-refractivity contribution in [1.29, 1.82) is 0 Å². The summed E-state index contributed by atoms with van der Waals surface area (Å²) in [7, 11) is 0. The predicted molar refractivity (Wildman–Crippen MR) is 91.2 cm³/mol. The maximum Gasteiger partial charge on any atom is 0.283 e. The number of ether oxygens (including phenoxy) is 3. The number of nitro groups is 1. The molecule has 1 heterocycles. The molecule has 0 saturated heterocycles. The Labute approximate surface area is 153 Å². The number of non-ortho nitro benzene ring substituents is 1. The molecule has 0 spiro atoms. The zero-order valence-electron chi connectivity index (χ0n) is 13.9. The Morgan fingerprint density at radius 2 is 1.81 bits per heavy atom. The lowest BCUT2D eigenvalue weighted by Crippen LogP contribution is -2.51. The van der Waals surface area contributed by atoms with E-state index in [2.05, 4.69) is 10.9 Å². The summed E-state index contributed by atoms with van der Waals surface area (Å²) in [5, 5.41) is 10.6. The van der Waals surface area contributed by atoms with Gasteiger partial charge in [0.05, 0.1) is 4.92 Å². The Morgan fingerprint density at radius 3 is 2.52 bits per heavy atom. The normalized spacial score (nSPS) is 14.7. The summed E-state index contributed by atoms with van der Waals surface area (Å²) >= 11 is 0. The molecule has 2 aromatic rings. The highest BCUT2D eigenvalue weighted by Gasteiger charge is 2.27. The van der Waals surface area contributed by atoms with Crippen LogP contribution < -0.4 is 25.1 Å². The van der Waals surface area contributed by atoms with Crippen LogP contribution in [-0.2, 0) is 9.59 Å². The quantitative estimate of drug-likeness (QED) is 0.590. The molecule has 0 fully saturated rings. The van der Waals surface area contributed by atoms with Crippen molar-refractivity contribution in [2.24, 2.45) is 0 Å². The lowest BCUT2D eigenvalue weighted by molar-refractivity contribution is -0.384. The molecular weight excluding hydrogens is 358 g/mol. The Hall–Kier alpha value is -3.82. The lowest BCUT2D eigenvalue weighted by Gasteiger charge is -2.25. The summed E-state index contributed by atoms with van der Waals surface area (Å²) < 4.78 is 16.1. The Balaban J connectivity index is 1.42. The molecule has 2 aromatic carbocycles. The first-order valence-electron chi connectivity index (χ1n) is 7.87. The molecule has 0 aliphatic carbocycles. The maximum atomic E-state index is 12.1. The minimum atomic E-state index is -0.907. The molecule has 10 heteroatoms. The van der Waals surface area contributed by atoms with Crippen molar-refractivity contribution in [2.75, 3.05) is 13.2 Å². The van der Waals surface area contributed by atoms with E-state index in [0.29, 0.717) is 11.5 Å². The number of hydrazine groups is 1. The van der Waals surface area contributed by atoms with Gasteiger partial charge >= 0.3 is 0 Å². The third kappa shape index (κ3) is 4.63. The van der Waals surface area contributed by atoms with Gasteiger partial charge in [-0.2, -0.15) is 0 Å². The molecule has 140 valence electrons. The van der Waals surface area contributed by atoms with Gasteiger partial charge in [0.2, 0.25) is 6.10 Å². The maximum absolute atomic E-state index is 12.1. The Morgan fingerprint density at radius 1 is 1.11 bits per heavy atom. The van der Waals surface area contributed by atoms with Crippen LogP contribution >= 0.6 is 0 Å². The van der Waals surface area contributed by atoms with Crippen molar-refractivity contribution in [3.63, 3.8) is 0 Å². The van der Waals surface area contributed by atoms with Gasteiger partial charge in [0.15, 0.2) is 18.1 Å². The number of rotatable bonds is 5. The van der Waals surface area contributed by atoms with E-state index in [-0.39, 0.29) is 24.7 Å². The fourth-order valence-corrected chi connectivity index (χ4v) is 2.21. The van der Waals surface area contributed by atoms with E-state index >= 15 is 0 Å². The van der Waals surface area contributed by atoms with Gasteiger partial charge in [-0.1, -0.05) is 12.1 Å². The molecular formula is C17H15N3O7. The summed E-state index contributed by atoms with van der Waals surface area (Å²) in [6.07, 6.45) is -0.907. The van der Waals surface area contributed by atoms with Gasteiger partial charge in [-0.3, -0.25) is 30.6 Å². The van der Waals surface area contributed by atoms with Gasteiger partial charge in [0.25, 0.3) is 17.5 Å². The summed E-state index contributed by atoms with van der Waals surface area (Å²) in [6.45, 7) is -0.374.